The molecule has 0 unspecified atom stereocenters. The number of anilines is 1. The quantitative estimate of drug-likeness (QED) is 0.685. The van der Waals surface area contributed by atoms with Crippen LogP contribution in [0.5, 0.6) is 0 Å². The van der Waals surface area contributed by atoms with Crippen molar-refractivity contribution in [2.75, 3.05) is 11.9 Å². The van der Waals surface area contributed by atoms with E-state index in [9.17, 15) is 0 Å². The molecule has 0 radical (unpaired) electrons. The fourth-order valence-corrected chi connectivity index (χ4v) is 2.62. The van der Waals surface area contributed by atoms with Gasteiger partial charge >= 0.3 is 0 Å². The van der Waals surface area contributed by atoms with Crippen LogP contribution in [0.4, 0.5) is 5.69 Å². The van der Waals surface area contributed by atoms with Gasteiger partial charge in [0.15, 0.2) is 0 Å². The highest BCUT2D eigenvalue weighted by atomic mass is 15.2. The SMILES string of the molecule is CC(C)/C=C1\N(C)c2ccccc2C1(C)C. The number of fused-ring (bicyclic) bond motifs is 1. The van der Waals surface area contributed by atoms with Gasteiger partial charge in [-0.2, -0.15) is 0 Å². The maximum absolute atomic E-state index is 2.38. The number of benzene rings is 1. The molecule has 1 aliphatic heterocycles. The lowest BCUT2D eigenvalue weighted by Gasteiger charge is -2.25. The van der Waals surface area contributed by atoms with Crippen molar-refractivity contribution in [3.63, 3.8) is 0 Å². The molecule has 0 saturated heterocycles. The molecule has 0 bridgehead atoms. The van der Waals surface area contributed by atoms with Crippen molar-refractivity contribution in [3.05, 3.63) is 41.6 Å². The minimum absolute atomic E-state index is 0.135. The molecule has 0 fully saturated rings. The first-order chi connectivity index (χ1) is 7.44. The summed E-state index contributed by atoms with van der Waals surface area (Å²) in [7, 11) is 2.17. The minimum atomic E-state index is 0.135. The Morgan fingerprint density at radius 3 is 2.38 bits per heavy atom. The van der Waals surface area contributed by atoms with Gasteiger partial charge in [0, 0.05) is 23.8 Å². The van der Waals surface area contributed by atoms with Gasteiger partial charge in [-0.05, 0) is 17.5 Å². The molecule has 86 valence electrons. The summed E-state index contributed by atoms with van der Waals surface area (Å²) >= 11 is 0. The summed E-state index contributed by atoms with van der Waals surface area (Å²) in [5.41, 5.74) is 4.34. The Balaban J connectivity index is 2.57. The van der Waals surface area contributed by atoms with Gasteiger partial charge in [0.2, 0.25) is 0 Å². The van der Waals surface area contributed by atoms with Gasteiger partial charge in [-0.25, -0.2) is 0 Å². The lowest BCUT2D eigenvalue weighted by atomic mass is 9.83. The van der Waals surface area contributed by atoms with Crippen LogP contribution in [0.3, 0.4) is 0 Å². The first-order valence-electron chi connectivity index (χ1n) is 6.00. The van der Waals surface area contributed by atoms with E-state index in [-0.39, 0.29) is 5.41 Å². The molecule has 1 heterocycles. The van der Waals surface area contributed by atoms with Crippen molar-refractivity contribution in [1.29, 1.82) is 0 Å². The molecule has 0 aromatic heterocycles. The summed E-state index contributed by atoms with van der Waals surface area (Å²) in [6.07, 6.45) is 2.38. The molecule has 16 heavy (non-hydrogen) atoms. The Kier molecular flexibility index (Phi) is 2.57. The fourth-order valence-electron chi connectivity index (χ4n) is 2.62. The van der Waals surface area contributed by atoms with Crippen LogP contribution in [0.15, 0.2) is 36.0 Å². The third-order valence-corrected chi connectivity index (χ3v) is 3.43. The zero-order chi connectivity index (χ0) is 11.9. The molecule has 1 aromatic carbocycles. The molecule has 0 amide bonds. The maximum atomic E-state index is 2.38. The average molecular weight is 215 g/mol. The molecule has 1 nitrogen and oxygen atoms in total. The summed E-state index contributed by atoms with van der Waals surface area (Å²) in [4.78, 5) is 2.33. The number of rotatable bonds is 1. The van der Waals surface area contributed by atoms with Crippen LogP contribution in [0.2, 0.25) is 0 Å². The van der Waals surface area contributed by atoms with Crippen LogP contribution >= 0.6 is 0 Å². The molecule has 0 atom stereocenters. The molecular formula is C15H21N. The van der Waals surface area contributed by atoms with Gasteiger partial charge in [-0.3, -0.25) is 0 Å². The first-order valence-corrected chi connectivity index (χ1v) is 6.00. The van der Waals surface area contributed by atoms with Crippen molar-refractivity contribution < 1.29 is 0 Å². The van der Waals surface area contributed by atoms with Crippen molar-refractivity contribution in [2.45, 2.75) is 33.1 Å². The van der Waals surface area contributed by atoms with Crippen LogP contribution in [-0.4, -0.2) is 7.05 Å². The first kappa shape index (κ1) is 11.3. The van der Waals surface area contributed by atoms with E-state index in [0.29, 0.717) is 5.92 Å². The maximum Gasteiger partial charge on any atom is 0.0447 e. The van der Waals surface area contributed by atoms with Crippen LogP contribution in [-0.2, 0) is 5.41 Å². The highest BCUT2D eigenvalue weighted by Gasteiger charge is 2.37. The van der Waals surface area contributed by atoms with Gasteiger partial charge in [-0.15, -0.1) is 0 Å². The smallest absolute Gasteiger partial charge is 0.0447 e. The number of nitrogens with zero attached hydrogens (tertiary/aromatic N) is 1. The van der Waals surface area contributed by atoms with Gasteiger partial charge < -0.3 is 4.90 Å². The van der Waals surface area contributed by atoms with Gasteiger partial charge in [0.05, 0.1) is 0 Å². The Morgan fingerprint density at radius 1 is 1.19 bits per heavy atom. The van der Waals surface area contributed by atoms with Crippen LogP contribution < -0.4 is 4.90 Å². The third-order valence-electron chi connectivity index (χ3n) is 3.43. The van der Waals surface area contributed by atoms with E-state index in [4.69, 9.17) is 0 Å². The van der Waals surface area contributed by atoms with Crippen molar-refractivity contribution in [2.24, 2.45) is 5.92 Å². The van der Waals surface area contributed by atoms with E-state index in [1.807, 2.05) is 0 Å². The molecule has 2 rings (SSSR count). The lowest BCUT2D eigenvalue weighted by Crippen LogP contribution is -2.23. The minimum Gasteiger partial charge on any atom is -0.347 e. The summed E-state index contributed by atoms with van der Waals surface area (Å²) < 4.78 is 0. The zero-order valence-electron chi connectivity index (χ0n) is 10.9. The van der Waals surface area contributed by atoms with Gasteiger partial charge in [0.1, 0.15) is 0 Å². The monoisotopic (exact) mass is 215 g/mol. The normalized spacial score (nSPS) is 20.6. The van der Waals surface area contributed by atoms with Crippen molar-refractivity contribution >= 4 is 5.69 Å². The molecule has 0 saturated carbocycles. The number of hydrogen-bond acceptors (Lipinski definition) is 1. The van der Waals surface area contributed by atoms with Crippen molar-refractivity contribution in [3.8, 4) is 0 Å². The topological polar surface area (TPSA) is 3.24 Å². The molecule has 1 heteroatoms. The number of allylic oxidation sites excluding steroid dienone is 2. The predicted octanol–water partition coefficient (Wildman–Crippen LogP) is 3.95. The highest BCUT2D eigenvalue weighted by molar-refractivity contribution is 5.69. The second kappa shape index (κ2) is 3.65. The predicted molar refractivity (Wildman–Crippen MR) is 70.8 cm³/mol. The Morgan fingerprint density at radius 2 is 1.81 bits per heavy atom. The summed E-state index contributed by atoms with van der Waals surface area (Å²) in [6, 6.07) is 8.70. The Bertz CT molecular complexity index is 427. The summed E-state index contributed by atoms with van der Waals surface area (Å²) in [5, 5.41) is 0. The molecule has 0 aliphatic carbocycles. The number of para-hydroxylation sites is 1. The van der Waals surface area contributed by atoms with E-state index in [1.54, 1.807) is 0 Å². The van der Waals surface area contributed by atoms with E-state index in [0.717, 1.165) is 0 Å². The van der Waals surface area contributed by atoms with E-state index < -0.39 is 0 Å². The Labute approximate surface area is 98.8 Å². The zero-order valence-corrected chi connectivity index (χ0v) is 10.9. The van der Waals surface area contributed by atoms with Crippen LogP contribution in [0.1, 0.15) is 33.3 Å². The number of hydrogen-bond donors (Lipinski definition) is 0. The van der Waals surface area contributed by atoms with E-state index >= 15 is 0 Å². The Hall–Kier alpha value is -1.24. The van der Waals surface area contributed by atoms with Crippen LogP contribution in [0.25, 0.3) is 0 Å². The van der Waals surface area contributed by atoms with E-state index in [2.05, 4.69) is 70.0 Å². The highest BCUT2D eigenvalue weighted by Crippen LogP contribution is 2.46. The molecular weight excluding hydrogens is 194 g/mol. The molecule has 0 spiro atoms. The molecule has 0 N–H and O–H groups in total. The third kappa shape index (κ3) is 1.55. The van der Waals surface area contributed by atoms with Gasteiger partial charge in [-0.1, -0.05) is 52.0 Å². The number of likely N-dealkylation sites (N-methyl/N-ethyl adjacent to an activating group) is 1. The lowest BCUT2D eigenvalue weighted by molar-refractivity contribution is 0.626. The standard InChI is InChI=1S/C15H21N/c1-11(2)10-14-15(3,4)12-8-6-7-9-13(12)16(14)5/h6-11H,1-5H3/b14-10-. The average Bonchev–Trinajstić information content (AvgIpc) is 2.41. The fraction of sp³-hybridized carbons (Fsp3) is 0.467. The molecule has 1 aliphatic rings. The summed E-state index contributed by atoms with van der Waals surface area (Å²) in [5.74, 6) is 0.589. The second-order valence-electron chi connectivity index (χ2n) is 5.50. The van der Waals surface area contributed by atoms with Crippen LogP contribution in [0, 0.1) is 5.92 Å². The van der Waals surface area contributed by atoms with Crippen molar-refractivity contribution in [1.82, 2.24) is 0 Å². The summed E-state index contributed by atoms with van der Waals surface area (Å²) in [6.45, 7) is 9.09. The second-order valence-corrected chi connectivity index (χ2v) is 5.50. The largest absolute Gasteiger partial charge is 0.347 e. The van der Waals surface area contributed by atoms with E-state index in [1.165, 1.54) is 16.9 Å². The van der Waals surface area contributed by atoms with Gasteiger partial charge in [0.25, 0.3) is 0 Å². The molecule has 1 aromatic rings.